The van der Waals surface area contributed by atoms with Gasteiger partial charge in [-0.05, 0) is 24.1 Å². The summed E-state index contributed by atoms with van der Waals surface area (Å²) in [5.41, 5.74) is 5.01. The summed E-state index contributed by atoms with van der Waals surface area (Å²) < 4.78 is 5.87. The van der Waals surface area contributed by atoms with E-state index in [1.807, 2.05) is 37.3 Å². The van der Waals surface area contributed by atoms with Crippen LogP contribution in [-0.2, 0) is 6.61 Å². The fourth-order valence-electron chi connectivity index (χ4n) is 3.01. The lowest BCUT2D eigenvalue weighted by Gasteiger charge is -2.17. The predicted molar refractivity (Wildman–Crippen MR) is 106 cm³/mol. The molecule has 0 saturated carbocycles. The molecule has 0 aliphatic heterocycles. The van der Waals surface area contributed by atoms with Crippen molar-refractivity contribution >= 4 is 17.8 Å². The van der Waals surface area contributed by atoms with Crippen molar-refractivity contribution < 1.29 is 24.5 Å². The Hall–Kier alpha value is -4.07. The van der Waals surface area contributed by atoms with Crippen LogP contribution >= 0.6 is 0 Å². The minimum atomic E-state index is -1.57. The molecule has 0 aliphatic carbocycles. The number of H-pyrrole nitrogens is 1. The second-order valence-electron chi connectivity index (χ2n) is 6.38. The number of benzene rings is 2. The van der Waals surface area contributed by atoms with Gasteiger partial charge in [0, 0.05) is 11.1 Å². The third kappa shape index (κ3) is 3.96. The lowest BCUT2D eigenvalue weighted by molar-refractivity contribution is 0.0695. The summed E-state index contributed by atoms with van der Waals surface area (Å²) in [4.78, 5) is 37.9. The van der Waals surface area contributed by atoms with Gasteiger partial charge in [-0.15, -0.1) is 0 Å². The molecule has 0 atom stereocenters. The maximum Gasteiger partial charge on any atom is 0.342 e. The maximum absolute atomic E-state index is 12.3. The number of aromatic amines is 1. The third-order valence-corrected chi connectivity index (χ3v) is 4.32. The number of rotatable bonds is 6. The minimum absolute atomic E-state index is 0.152. The number of carboxylic acid groups (broad SMARTS) is 2. The van der Waals surface area contributed by atoms with Crippen molar-refractivity contribution in [2.24, 2.45) is 0 Å². The van der Waals surface area contributed by atoms with Crippen molar-refractivity contribution in [3.05, 3.63) is 81.1 Å². The molecular weight excluding hydrogens is 376 g/mol. The fraction of sp³-hybridized carbons (Fsp3) is 0.0952. The van der Waals surface area contributed by atoms with Crippen LogP contribution in [0, 0.1) is 6.92 Å². The topological polar surface area (TPSA) is 143 Å². The normalized spacial score (nSPS) is 10.5. The zero-order chi connectivity index (χ0) is 21.1. The van der Waals surface area contributed by atoms with Gasteiger partial charge in [0.2, 0.25) is 0 Å². The lowest BCUT2D eigenvalue weighted by Crippen LogP contribution is -2.24. The number of pyridine rings is 1. The lowest BCUT2D eigenvalue weighted by atomic mass is 9.94. The molecule has 0 bridgehead atoms. The Kier molecular flexibility index (Phi) is 5.36. The van der Waals surface area contributed by atoms with Crippen molar-refractivity contribution in [3.63, 3.8) is 0 Å². The quantitative estimate of drug-likeness (QED) is 0.503. The monoisotopic (exact) mass is 394 g/mol. The molecule has 0 unspecified atom stereocenters. The summed E-state index contributed by atoms with van der Waals surface area (Å²) >= 11 is 0. The van der Waals surface area contributed by atoms with E-state index in [0.717, 1.165) is 11.1 Å². The number of aromatic nitrogens is 1. The molecule has 0 amide bonds. The number of nitrogens with two attached hydrogens (primary N) is 1. The van der Waals surface area contributed by atoms with Gasteiger partial charge in [-0.3, -0.25) is 4.79 Å². The first kappa shape index (κ1) is 19.7. The van der Waals surface area contributed by atoms with E-state index in [9.17, 15) is 24.6 Å². The number of nitrogen functional groups attached to an aromatic ring is 1. The first-order valence-corrected chi connectivity index (χ1v) is 8.59. The van der Waals surface area contributed by atoms with Gasteiger partial charge in [0.15, 0.2) is 0 Å². The van der Waals surface area contributed by atoms with E-state index in [4.69, 9.17) is 10.5 Å². The Bertz CT molecular complexity index is 1150. The molecule has 29 heavy (non-hydrogen) atoms. The second kappa shape index (κ2) is 7.89. The highest BCUT2D eigenvalue weighted by atomic mass is 16.5. The number of aryl methyl sites for hydroxylation is 1. The van der Waals surface area contributed by atoms with Crippen LogP contribution in [-0.4, -0.2) is 27.1 Å². The van der Waals surface area contributed by atoms with Gasteiger partial charge in [0.1, 0.15) is 29.3 Å². The molecule has 3 rings (SSSR count). The first-order chi connectivity index (χ1) is 13.8. The van der Waals surface area contributed by atoms with E-state index in [2.05, 4.69) is 4.98 Å². The smallest absolute Gasteiger partial charge is 0.342 e. The van der Waals surface area contributed by atoms with Gasteiger partial charge in [0.05, 0.1) is 0 Å². The Morgan fingerprint density at radius 3 is 2.31 bits per heavy atom. The SMILES string of the molecule is Cc1ccc(-c2c(C(=O)O)c(N)[nH]c(=O)c2C(=O)O)c(OCc2ccccc2)c1. The molecule has 1 aromatic heterocycles. The summed E-state index contributed by atoms with van der Waals surface area (Å²) in [5, 5.41) is 19.2. The average molecular weight is 394 g/mol. The number of anilines is 1. The van der Waals surface area contributed by atoms with Crippen LogP contribution in [0.4, 0.5) is 5.82 Å². The molecule has 0 fully saturated rings. The zero-order valence-electron chi connectivity index (χ0n) is 15.4. The summed E-state index contributed by atoms with van der Waals surface area (Å²) in [5.74, 6) is -3.23. The standard InChI is InChI=1S/C21H18N2O6/c1-11-7-8-13(14(9-11)29-10-12-5-3-2-4-6-12)15-16(20(25)26)18(22)23-19(24)17(15)21(27)28/h2-9H,10H2,1H3,(H,25,26)(H,27,28)(H3,22,23,24). The number of ether oxygens (including phenoxy) is 1. The Morgan fingerprint density at radius 2 is 1.69 bits per heavy atom. The minimum Gasteiger partial charge on any atom is -0.488 e. The van der Waals surface area contributed by atoms with Gasteiger partial charge in [-0.1, -0.05) is 42.5 Å². The van der Waals surface area contributed by atoms with Crippen LogP contribution in [0.5, 0.6) is 5.75 Å². The Morgan fingerprint density at radius 1 is 1.03 bits per heavy atom. The van der Waals surface area contributed by atoms with E-state index < -0.39 is 34.4 Å². The van der Waals surface area contributed by atoms with Gasteiger partial charge >= 0.3 is 11.9 Å². The van der Waals surface area contributed by atoms with Crippen molar-refractivity contribution in [1.29, 1.82) is 0 Å². The van der Waals surface area contributed by atoms with E-state index in [0.29, 0.717) is 0 Å². The zero-order valence-corrected chi connectivity index (χ0v) is 15.4. The van der Waals surface area contributed by atoms with Gasteiger partial charge in [0.25, 0.3) is 5.56 Å². The first-order valence-electron chi connectivity index (χ1n) is 8.59. The highest BCUT2D eigenvalue weighted by molar-refractivity contribution is 6.08. The van der Waals surface area contributed by atoms with Gasteiger partial charge < -0.3 is 25.7 Å². The van der Waals surface area contributed by atoms with Crippen LogP contribution in [0.25, 0.3) is 11.1 Å². The maximum atomic E-state index is 12.3. The molecule has 2 aromatic carbocycles. The molecule has 0 radical (unpaired) electrons. The number of aromatic carboxylic acids is 2. The second-order valence-corrected chi connectivity index (χ2v) is 6.38. The largest absolute Gasteiger partial charge is 0.488 e. The van der Waals surface area contributed by atoms with E-state index in [-0.39, 0.29) is 23.5 Å². The molecule has 148 valence electrons. The van der Waals surface area contributed by atoms with E-state index in [1.165, 1.54) is 6.07 Å². The molecule has 0 spiro atoms. The molecule has 0 saturated heterocycles. The Labute approximate surface area is 165 Å². The molecule has 1 heterocycles. The van der Waals surface area contributed by atoms with Gasteiger partial charge in [-0.2, -0.15) is 0 Å². The van der Waals surface area contributed by atoms with Crippen LogP contribution in [0.3, 0.4) is 0 Å². The summed E-state index contributed by atoms with van der Waals surface area (Å²) in [6.07, 6.45) is 0. The van der Waals surface area contributed by atoms with Crippen LogP contribution in [0.2, 0.25) is 0 Å². The highest BCUT2D eigenvalue weighted by Crippen LogP contribution is 2.36. The van der Waals surface area contributed by atoms with Crippen molar-refractivity contribution in [3.8, 4) is 16.9 Å². The number of hydrogen-bond acceptors (Lipinski definition) is 5. The summed E-state index contributed by atoms with van der Waals surface area (Å²) in [6.45, 7) is 1.97. The van der Waals surface area contributed by atoms with Gasteiger partial charge in [-0.25, -0.2) is 9.59 Å². The fourth-order valence-corrected chi connectivity index (χ4v) is 3.01. The number of hydrogen-bond donors (Lipinski definition) is 4. The average Bonchev–Trinajstić information content (AvgIpc) is 2.66. The van der Waals surface area contributed by atoms with E-state index in [1.54, 1.807) is 12.1 Å². The van der Waals surface area contributed by atoms with Crippen LogP contribution in [0.15, 0.2) is 53.3 Å². The van der Waals surface area contributed by atoms with Crippen LogP contribution in [0.1, 0.15) is 31.8 Å². The number of carbonyl (C=O) groups is 2. The Balaban J connectivity index is 2.24. The number of nitrogens with one attached hydrogen (secondary N) is 1. The van der Waals surface area contributed by atoms with Crippen molar-refractivity contribution in [2.45, 2.75) is 13.5 Å². The molecule has 8 nitrogen and oxygen atoms in total. The summed E-state index contributed by atoms with van der Waals surface area (Å²) in [6, 6.07) is 14.1. The molecule has 5 N–H and O–H groups in total. The third-order valence-electron chi connectivity index (χ3n) is 4.32. The van der Waals surface area contributed by atoms with Crippen molar-refractivity contribution in [2.75, 3.05) is 5.73 Å². The molecular formula is C21H18N2O6. The summed E-state index contributed by atoms with van der Waals surface area (Å²) in [7, 11) is 0. The van der Waals surface area contributed by atoms with Crippen molar-refractivity contribution in [1.82, 2.24) is 4.98 Å². The number of carboxylic acids is 2. The molecule has 3 aromatic rings. The van der Waals surface area contributed by atoms with E-state index >= 15 is 0 Å². The molecule has 0 aliphatic rings. The molecule has 8 heteroatoms. The van der Waals surface area contributed by atoms with Crippen LogP contribution < -0.4 is 16.0 Å². The highest BCUT2D eigenvalue weighted by Gasteiger charge is 2.28. The predicted octanol–water partition coefficient (Wildman–Crippen LogP) is 2.91.